The number of fused-ring (bicyclic) bond motifs is 1. The van der Waals surface area contributed by atoms with Crippen LogP contribution in [-0.2, 0) is 0 Å². The summed E-state index contributed by atoms with van der Waals surface area (Å²) in [5, 5.41) is 6.41. The van der Waals surface area contributed by atoms with E-state index in [2.05, 4.69) is 27.5 Å². The maximum atomic E-state index is 5.56. The normalized spacial score (nSPS) is 12.8. The smallest absolute Gasteiger partial charge is 0.229 e. The van der Waals surface area contributed by atoms with Crippen molar-refractivity contribution in [3.8, 4) is 11.5 Å². The van der Waals surface area contributed by atoms with Crippen LogP contribution in [-0.4, -0.2) is 29.7 Å². The van der Waals surface area contributed by atoms with Gasteiger partial charge in [-0.1, -0.05) is 6.92 Å². The minimum atomic E-state index is 0.549. The lowest BCUT2D eigenvalue weighted by Crippen LogP contribution is -2.15. The number of aromatic nitrogens is 2. The van der Waals surface area contributed by atoms with Crippen molar-refractivity contribution in [3.63, 3.8) is 0 Å². The van der Waals surface area contributed by atoms with Crippen molar-refractivity contribution in [3.05, 3.63) is 30.5 Å². The van der Waals surface area contributed by atoms with E-state index in [0.717, 1.165) is 36.0 Å². The summed E-state index contributed by atoms with van der Waals surface area (Å²) in [7, 11) is 0. The Morgan fingerprint density at radius 1 is 1.14 bits per heavy atom. The van der Waals surface area contributed by atoms with Gasteiger partial charge >= 0.3 is 0 Å². The molecule has 0 radical (unpaired) electrons. The Morgan fingerprint density at radius 2 is 2.00 bits per heavy atom. The minimum absolute atomic E-state index is 0.549. The zero-order chi connectivity index (χ0) is 14.5. The summed E-state index contributed by atoms with van der Waals surface area (Å²) in [4.78, 5) is 8.63. The van der Waals surface area contributed by atoms with Crippen LogP contribution in [0, 0.1) is 0 Å². The van der Waals surface area contributed by atoms with Gasteiger partial charge in [0.25, 0.3) is 0 Å². The van der Waals surface area contributed by atoms with Gasteiger partial charge in [-0.3, -0.25) is 0 Å². The molecule has 6 nitrogen and oxygen atoms in total. The van der Waals surface area contributed by atoms with Gasteiger partial charge in [0.2, 0.25) is 5.95 Å². The van der Waals surface area contributed by atoms with E-state index in [0.29, 0.717) is 19.2 Å². The van der Waals surface area contributed by atoms with Crippen molar-refractivity contribution in [1.82, 2.24) is 9.97 Å². The second kappa shape index (κ2) is 6.30. The molecule has 0 saturated carbocycles. The number of hydrogen-bond acceptors (Lipinski definition) is 6. The van der Waals surface area contributed by atoms with Crippen molar-refractivity contribution in [2.75, 3.05) is 30.4 Å². The molecule has 110 valence electrons. The fraction of sp³-hybridized carbons (Fsp3) is 0.333. The number of nitrogens with one attached hydrogen (secondary N) is 2. The summed E-state index contributed by atoms with van der Waals surface area (Å²) in [6.07, 6.45) is 2.78. The van der Waals surface area contributed by atoms with Gasteiger partial charge in [-0.2, -0.15) is 4.98 Å². The van der Waals surface area contributed by atoms with Crippen molar-refractivity contribution in [2.45, 2.75) is 13.3 Å². The fourth-order valence-electron chi connectivity index (χ4n) is 2.02. The van der Waals surface area contributed by atoms with Crippen LogP contribution in [0.1, 0.15) is 13.3 Å². The Kier molecular flexibility index (Phi) is 4.04. The van der Waals surface area contributed by atoms with Crippen molar-refractivity contribution < 1.29 is 9.47 Å². The molecule has 2 N–H and O–H groups in total. The summed E-state index contributed by atoms with van der Waals surface area (Å²) < 4.78 is 11.1. The Balaban J connectivity index is 1.74. The van der Waals surface area contributed by atoms with E-state index >= 15 is 0 Å². The van der Waals surface area contributed by atoms with Gasteiger partial charge < -0.3 is 20.1 Å². The molecule has 0 aliphatic carbocycles. The van der Waals surface area contributed by atoms with Gasteiger partial charge in [0, 0.05) is 24.5 Å². The lowest BCUT2D eigenvalue weighted by Gasteiger charge is -2.19. The van der Waals surface area contributed by atoms with E-state index < -0.39 is 0 Å². The monoisotopic (exact) mass is 286 g/mol. The first-order valence-corrected chi connectivity index (χ1v) is 7.09. The highest BCUT2D eigenvalue weighted by atomic mass is 16.6. The molecule has 0 fully saturated rings. The molecule has 1 aliphatic rings. The molecule has 2 heterocycles. The third-order valence-corrected chi connectivity index (χ3v) is 3.01. The average Bonchev–Trinajstić information content (AvgIpc) is 2.53. The molecule has 2 aromatic rings. The number of anilines is 3. The van der Waals surface area contributed by atoms with Crippen LogP contribution in [0.2, 0.25) is 0 Å². The van der Waals surface area contributed by atoms with E-state index in [1.165, 1.54) is 0 Å². The van der Waals surface area contributed by atoms with E-state index in [1.807, 2.05) is 24.3 Å². The SMILES string of the molecule is CCCNc1ccnc(Nc2ccc3c(c2)OCCO3)n1. The highest BCUT2D eigenvalue weighted by molar-refractivity contribution is 5.60. The van der Waals surface area contributed by atoms with Crippen molar-refractivity contribution in [1.29, 1.82) is 0 Å². The topological polar surface area (TPSA) is 68.3 Å². The molecule has 0 bridgehead atoms. The van der Waals surface area contributed by atoms with E-state index in [1.54, 1.807) is 6.20 Å². The highest BCUT2D eigenvalue weighted by Gasteiger charge is 2.12. The molecule has 0 spiro atoms. The summed E-state index contributed by atoms with van der Waals surface area (Å²) in [5.41, 5.74) is 0.867. The van der Waals surface area contributed by atoms with Crippen molar-refractivity contribution >= 4 is 17.5 Å². The molecule has 0 saturated heterocycles. The lowest BCUT2D eigenvalue weighted by atomic mass is 10.2. The van der Waals surface area contributed by atoms with Crippen LogP contribution in [0.3, 0.4) is 0 Å². The molecule has 0 amide bonds. The molecule has 0 unspecified atom stereocenters. The summed E-state index contributed by atoms with van der Waals surface area (Å²) >= 11 is 0. The van der Waals surface area contributed by atoms with Crippen LogP contribution in [0.15, 0.2) is 30.5 Å². The maximum absolute atomic E-state index is 5.56. The molecular weight excluding hydrogens is 268 g/mol. The zero-order valence-electron chi connectivity index (χ0n) is 11.9. The molecule has 1 aliphatic heterocycles. The summed E-state index contributed by atoms with van der Waals surface area (Å²) in [6, 6.07) is 7.55. The average molecular weight is 286 g/mol. The Morgan fingerprint density at radius 3 is 2.86 bits per heavy atom. The predicted octanol–water partition coefficient (Wildman–Crippen LogP) is 2.81. The number of benzene rings is 1. The molecule has 1 aromatic carbocycles. The minimum Gasteiger partial charge on any atom is -0.486 e. The Labute approximate surface area is 123 Å². The van der Waals surface area contributed by atoms with Crippen molar-refractivity contribution in [2.24, 2.45) is 0 Å². The fourth-order valence-corrected chi connectivity index (χ4v) is 2.02. The van der Waals surface area contributed by atoms with Gasteiger partial charge in [-0.25, -0.2) is 4.98 Å². The Bertz CT molecular complexity index is 618. The summed E-state index contributed by atoms with van der Waals surface area (Å²) in [6.45, 7) is 4.17. The van der Waals surface area contributed by atoms with E-state index in [9.17, 15) is 0 Å². The molecule has 21 heavy (non-hydrogen) atoms. The lowest BCUT2D eigenvalue weighted by molar-refractivity contribution is 0.171. The molecular formula is C15H18N4O2. The second-order valence-electron chi connectivity index (χ2n) is 4.68. The standard InChI is InChI=1S/C15H18N4O2/c1-2-6-16-14-5-7-17-15(19-14)18-11-3-4-12-13(10-11)21-9-8-20-12/h3-5,7,10H,2,6,8-9H2,1H3,(H2,16,17,18,19). The van der Waals surface area contributed by atoms with Crippen LogP contribution in [0.5, 0.6) is 11.5 Å². The van der Waals surface area contributed by atoms with Gasteiger partial charge in [0.1, 0.15) is 19.0 Å². The molecule has 3 rings (SSSR count). The number of rotatable bonds is 5. The van der Waals surface area contributed by atoms with Gasteiger partial charge in [0.15, 0.2) is 11.5 Å². The van der Waals surface area contributed by atoms with Crippen LogP contribution >= 0.6 is 0 Å². The first-order valence-electron chi connectivity index (χ1n) is 7.09. The highest BCUT2D eigenvalue weighted by Crippen LogP contribution is 2.33. The Hall–Kier alpha value is -2.50. The first-order chi connectivity index (χ1) is 10.3. The largest absolute Gasteiger partial charge is 0.486 e. The zero-order valence-corrected chi connectivity index (χ0v) is 11.9. The van der Waals surface area contributed by atoms with Gasteiger partial charge in [-0.15, -0.1) is 0 Å². The number of nitrogens with zero attached hydrogens (tertiary/aromatic N) is 2. The quantitative estimate of drug-likeness (QED) is 0.881. The second-order valence-corrected chi connectivity index (χ2v) is 4.68. The number of hydrogen-bond donors (Lipinski definition) is 2. The van der Waals surface area contributed by atoms with Crippen LogP contribution < -0.4 is 20.1 Å². The maximum Gasteiger partial charge on any atom is 0.229 e. The van der Waals surface area contributed by atoms with Crippen LogP contribution in [0.25, 0.3) is 0 Å². The third kappa shape index (κ3) is 3.34. The third-order valence-electron chi connectivity index (χ3n) is 3.01. The molecule has 6 heteroatoms. The van der Waals surface area contributed by atoms with Gasteiger partial charge in [-0.05, 0) is 24.6 Å². The molecule has 0 atom stereocenters. The van der Waals surface area contributed by atoms with Gasteiger partial charge in [0.05, 0.1) is 0 Å². The first kappa shape index (κ1) is 13.5. The van der Waals surface area contributed by atoms with E-state index in [4.69, 9.17) is 9.47 Å². The number of ether oxygens (including phenoxy) is 2. The van der Waals surface area contributed by atoms with Crippen LogP contribution in [0.4, 0.5) is 17.5 Å². The predicted molar refractivity (Wildman–Crippen MR) is 81.5 cm³/mol. The summed E-state index contributed by atoms with van der Waals surface area (Å²) in [5.74, 6) is 2.87. The van der Waals surface area contributed by atoms with E-state index in [-0.39, 0.29) is 0 Å². The molecule has 1 aromatic heterocycles.